The molecule has 0 spiro atoms. The summed E-state index contributed by atoms with van der Waals surface area (Å²) < 4.78 is 0. The Bertz CT molecular complexity index is 255. The topological polar surface area (TPSA) is 49.4 Å². The molecule has 1 saturated heterocycles. The Morgan fingerprint density at radius 3 is 2.50 bits per heavy atom. The standard InChI is InChI=1S/C10H16N2O2/c1-6(2)9-10(14)12(7-3-4-7)5-8(13)11-9/h6-7,9H,3-5H2,1-2H3,(H,11,13)/t9-/m0/s1. The fourth-order valence-electron chi connectivity index (χ4n) is 1.84. The van der Waals surface area contributed by atoms with E-state index < -0.39 is 0 Å². The Morgan fingerprint density at radius 2 is 2.00 bits per heavy atom. The summed E-state index contributed by atoms with van der Waals surface area (Å²) in [6, 6.07) is 0.0339. The summed E-state index contributed by atoms with van der Waals surface area (Å²) in [4.78, 5) is 25.0. The fraction of sp³-hybridized carbons (Fsp3) is 0.800. The van der Waals surface area contributed by atoms with Gasteiger partial charge < -0.3 is 10.2 Å². The average Bonchev–Trinajstić information content (AvgIpc) is 2.91. The number of hydrogen-bond donors (Lipinski definition) is 1. The van der Waals surface area contributed by atoms with Crippen LogP contribution in [-0.2, 0) is 9.59 Å². The van der Waals surface area contributed by atoms with Crippen molar-refractivity contribution in [1.82, 2.24) is 10.2 Å². The van der Waals surface area contributed by atoms with E-state index in [1.54, 1.807) is 4.90 Å². The number of rotatable bonds is 2. The van der Waals surface area contributed by atoms with Crippen LogP contribution in [0.2, 0.25) is 0 Å². The predicted octanol–water partition coefficient (Wildman–Crippen LogP) is 0.132. The number of nitrogens with zero attached hydrogens (tertiary/aromatic N) is 1. The van der Waals surface area contributed by atoms with Gasteiger partial charge in [-0.1, -0.05) is 13.8 Å². The average molecular weight is 196 g/mol. The Labute approximate surface area is 83.6 Å². The minimum absolute atomic E-state index is 0.0183. The van der Waals surface area contributed by atoms with Crippen molar-refractivity contribution in [2.24, 2.45) is 5.92 Å². The highest BCUT2D eigenvalue weighted by molar-refractivity contribution is 5.95. The molecule has 0 bridgehead atoms. The second kappa shape index (κ2) is 3.26. The first kappa shape index (κ1) is 9.49. The number of piperazine rings is 1. The lowest BCUT2D eigenvalue weighted by Crippen LogP contribution is -2.60. The summed E-state index contributed by atoms with van der Waals surface area (Å²) in [5, 5.41) is 2.75. The van der Waals surface area contributed by atoms with E-state index in [-0.39, 0.29) is 30.3 Å². The van der Waals surface area contributed by atoms with Gasteiger partial charge in [0.2, 0.25) is 11.8 Å². The molecule has 1 atom stereocenters. The summed E-state index contributed by atoms with van der Waals surface area (Å²) in [6.45, 7) is 4.17. The molecule has 1 aliphatic carbocycles. The minimum Gasteiger partial charge on any atom is -0.343 e. The monoisotopic (exact) mass is 196 g/mol. The summed E-state index contributed by atoms with van der Waals surface area (Å²) in [5.74, 6) is 0.255. The van der Waals surface area contributed by atoms with Crippen LogP contribution in [0, 0.1) is 5.92 Å². The summed E-state index contributed by atoms with van der Waals surface area (Å²) in [7, 11) is 0. The first-order valence-electron chi connectivity index (χ1n) is 5.19. The van der Waals surface area contributed by atoms with Crippen LogP contribution in [0.4, 0.5) is 0 Å². The second-order valence-corrected chi connectivity index (χ2v) is 4.49. The van der Waals surface area contributed by atoms with Gasteiger partial charge >= 0.3 is 0 Å². The lowest BCUT2D eigenvalue weighted by Gasteiger charge is -2.34. The largest absolute Gasteiger partial charge is 0.343 e. The van der Waals surface area contributed by atoms with Crippen molar-refractivity contribution in [1.29, 1.82) is 0 Å². The highest BCUT2D eigenvalue weighted by atomic mass is 16.2. The van der Waals surface area contributed by atoms with Crippen molar-refractivity contribution in [3.05, 3.63) is 0 Å². The predicted molar refractivity (Wildman–Crippen MR) is 51.5 cm³/mol. The molecule has 0 aromatic heterocycles. The Balaban J connectivity index is 2.11. The number of hydrogen-bond acceptors (Lipinski definition) is 2. The molecular weight excluding hydrogens is 180 g/mol. The van der Waals surface area contributed by atoms with Gasteiger partial charge in [-0.05, 0) is 18.8 Å². The maximum atomic E-state index is 11.9. The van der Waals surface area contributed by atoms with Gasteiger partial charge in [0.1, 0.15) is 6.04 Å². The van der Waals surface area contributed by atoms with E-state index >= 15 is 0 Å². The summed E-state index contributed by atoms with van der Waals surface area (Å²) >= 11 is 0. The molecule has 2 rings (SSSR count). The zero-order valence-electron chi connectivity index (χ0n) is 8.62. The molecule has 4 nitrogen and oxygen atoms in total. The van der Waals surface area contributed by atoms with Crippen molar-refractivity contribution in [2.45, 2.75) is 38.8 Å². The molecule has 2 aliphatic rings. The van der Waals surface area contributed by atoms with E-state index in [9.17, 15) is 9.59 Å². The molecule has 0 radical (unpaired) electrons. The molecular formula is C10H16N2O2. The zero-order valence-corrected chi connectivity index (χ0v) is 8.62. The van der Waals surface area contributed by atoms with Crippen molar-refractivity contribution < 1.29 is 9.59 Å². The van der Waals surface area contributed by atoms with Gasteiger partial charge in [-0.2, -0.15) is 0 Å². The maximum Gasteiger partial charge on any atom is 0.246 e. The quantitative estimate of drug-likeness (QED) is 0.682. The van der Waals surface area contributed by atoms with E-state index in [1.807, 2.05) is 13.8 Å². The van der Waals surface area contributed by atoms with Gasteiger partial charge in [0.15, 0.2) is 0 Å². The molecule has 0 aromatic rings. The Hall–Kier alpha value is -1.06. The van der Waals surface area contributed by atoms with E-state index in [2.05, 4.69) is 5.32 Å². The van der Waals surface area contributed by atoms with Gasteiger partial charge in [-0.3, -0.25) is 9.59 Å². The Morgan fingerprint density at radius 1 is 1.36 bits per heavy atom. The number of carbonyl (C=O) groups excluding carboxylic acids is 2. The number of carbonyl (C=O) groups is 2. The van der Waals surface area contributed by atoms with E-state index in [0.717, 1.165) is 12.8 Å². The highest BCUT2D eigenvalue weighted by Crippen LogP contribution is 2.29. The first-order chi connectivity index (χ1) is 6.59. The van der Waals surface area contributed by atoms with Crippen molar-refractivity contribution in [3.63, 3.8) is 0 Å². The SMILES string of the molecule is CC(C)[C@@H]1NC(=O)CN(C2CC2)C1=O. The van der Waals surface area contributed by atoms with E-state index in [4.69, 9.17) is 0 Å². The second-order valence-electron chi connectivity index (χ2n) is 4.49. The molecule has 1 heterocycles. The fourth-order valence-corrected chi connectivity index (χ4v) is 1.84. The molecule has 2 fully saturated rings. The Kier molecular flexibility index (Phi) is 2.21. The van der Waals surface area contributed by atoms with Crippen LogP contribution in [0.1, 0.15) is 26.7 Å². The van der Waals surface area contributed by atoms with Crippen LogP contribution < -0.4 is 5.32 Å². The first-order valence-corrected chi connectivity index (χ1v) is 5.19. The van der Waals surface area contributed by atoms with E-state index in [0.29, 0.717) is 6.04 Å². The van der Waals surface area contributed by atoms with Gasteiger partial charge in [0.25, 0.3) is 0 Å². The molecule has 4 heteroatoms. The van der Waals surface area contributed by atoms with Gasteiger partial charge in [-0.25, -0.2) is 0 Å². The maximum absolute atomic E-state index is 11.9. The normalized spacial score (nSPS) is 28.2. The van der Waals surface area contributed by atoms with Gasteiger partial charge in [-0.15, -0.1) is 0 Å². The van der Waals surface area contributed by atoms with Crippen LogP contribution in [0.25, 0.3) is 0 Å². The third kappa shape index (κ3) is 1.61. The third-order valence-corrected chi connectivity index (χ3v) is 2.83. The number of nitrogens with one attached hydrogen (secondary N) is 1. The van der Waals surface area contributed by atoms with Crippen molar-refractivity contribution >= 4 is 11.8 Å². The number of amides is 2. The molecule has 78 valence electrons. The molecule has 0 unspecified atom stereocenters. The highest BCUT2D eigenvalue weighted by Gasteiger charge is 2.41. The molecule has 1 N–H and O–H groups in total. The lowest BCUT2D eigenvalue weighted by atomic mass is 10.0. The lowest BCUT2D eigenvalue weighted by molar-refractivity contribution is -0.146. The molecule has 2 amide bonds. The molecule has 1 saturated carbocycles. The minimum atomic E-state index is -0.308. The van der Waals surface area contributed by atoms with Gasteiger partial charge in [0.05, 0.1) is 6.54 Å². The zero-order chi connectivity index (χ0) is 10.3. The third-order valence-electron chi connectivity index (χ3n) is 2.83. The molecule has 0 aromatic carbocycles. The van der Waals surface area contributed by atoms with Crippen LogP contribution in [-0.4, -0.2) is 35.3 Å². The summed E-state index contributed by atoms with van der Waals surface area (Å²) in [5.41, 5.74) is 0. The van der Waals surface area contributed by atoms with Gasteiger partial charge in [0, 0.05) is 6.04 Å². The van der Waals surface area contributed by atoms with E-state index in [1.165, 1.54) is 0 Å². The van der Waals surface area contributed by atoms with Crippen molar-refractivity contribution in [2.75, 3.05) is 6.54 Å². The summed E-state index contributed by atoms with van der Waals surface area (Å²) in [6.07, 6.45) is 2.12. The van der Waals surface area contributed by atoms with Crippen LogP contribution in [0.3, 0.4) is 0 Å². The van der Waals surface area contributed by atoms with Crippen LogP contribution in [0.15, 0.2) is 0 Å². The van der Waals surface area contributed by atoms with Crippen molar-refractivity contribution in [3.8, 4) is 0 Å². The molecule has 14 heavy (non-hydrogen) atoms. The smallest absolute Gasteiger partial charge is 0.246 e. The van der Waals surface area contributed by atoms with Crippen LogP contribution in [0.5, 0.6) is 0 Å². The molecule has 1 aliphatic heterocycles. The van der Waals surface area contributed by atoms with Crippen LogP contribution >= 0.6 is 0 Å².